The molecule has 3 aromatic rings. The lowest BCUT2D eigenvalue weighted by Gasteiger charge is -2.03. The van der Waals surface area contributed by atoms with E-state index < -0.39 is 5.82 Å². The normalized spacial score (nSPS) is 10.9. The van der Waals surface area contributed by atoms with Crippen LogP contribution in [0.15, 0.2) is 42.5 Å². The van der Waals surface area contributed by atoms with Gasteiger partial charge in [-0.2, -0.15) is 4.98 Å². The molecule has 106 valence electrons. The van der Waals surface area contributed by atoms with Gasteiger partial charge in [-0.1, -0.05) is 41.4 Å². The Morgan fingerprint density at radius 1 is 0.952 bits per heavy atom. The lowest BCUT2D eigenvalue weighted by Crippen LogP contribution is -1.97. The number of hydrogen-bond acceptors (Lipinski definition) is 2. The zero-order valence-electron chi connectivity index (χ0n) is 10.4. The quantitative estimate of drug-likeness (QED) is 0.653. The van der Waals surface area contributed by atoms with E-state index >= 15 is 0 Å². The van der Waals surface area contributed by atoms with Crippen molar-refractivity contribution < 1.29 is 4.39 Å². The van der Waals surface area contributed by atoms with Crippen LogP contribution in [-0.4, -0.2) is 14.8 Å². The topological polar surface area (TPSA) is 30.7 Å². The smallest absolute Gasteiger partial charge is 0.205 e. The summed E-state index contributed by atoms with van der Waals surface area (Å²) in [6.07, 6.45) is 0. The molecular formula is C14H7Cl3FN3. The molecule has 3 nitrogen and oxygen atoms in total. The number of rotatable bonds is 2. The first kappa shape index (κ1) is 14.3. The molecule has 0 radical (unpaired) electrons. The zero-order chi connectivity index (χ0) is 15.0. The first-order valence-electron chi connectivity index (χ1n) is 5.90. The lowest BCUT2D eigenvalue weighted by atomic mass is 10.2. The highest BCUT2D eigenvalue weighted by Gasteiger charge is 2.16. The monoisotopic (exact) mass is 341 g/mol. The third kappa shape index (κ3) is 2.62. The van der Waals surface area contributed by atoms with Gasteiger partial charge in [0.05, 0.1) is 15.7 Å². The Kier molecular flexibility index (Phi) is 3.85. The molecule has 2 aromatic carbocycles. The molecule has 0 spiro atoms. The maximum atomic E-state index is 13.5. The van der Waals surface area contributed by atoms with E-state index in [9.17, 15) is 4.39 Å². The molecule has 0 N–H and O–H groups in total. The Morgan fingerprint density at radius 2 is 1.71 bits per heavy atom. The predicted molar refractivity (Wildman–Crippen MR) is 81.8 cm³/mol. The molecule has 1 heterocycles. The van der Waals surface area contributed by atoms with Crippen molar-refractivity contribution in [3.8, 4) is 17.1 Å². The van der Waals surface area contributed by atoms with Gasteiger partial charge in [-0.05, 0) is 35.9 Å². The minimum absolute atomic E-state index is 0.0505. The molecule has 7 heteroatoms. The molecule has 0 aliphatic heterocycles. The van der Waals surface area contributed by atoms with Gasteiger partial charge in [0.15, 0.2) is 5.82 Å². The van der Waals surface area contributed by atoms with Gasteiger partial charge in [0, 0.05) is 5.56 Å². The fraction of sp³-hybridized carbons (Fsp3) is 0. The highest BCUT2D eigenvalue weighted by Crippen LogP contribution is 2.30. The van der Waals surface area contributed by atoms with E-state index in [1.54, 1.807) is 30.3 Å². The van der Waals surface area contributed by atoms with Gasteiger partial charge in [0.2, 0.25) is 5.28 Å². The molecule has 0 amide bonds. The van der Waals surface area contributed by atoms with E-state index in [2.05, 4.69) is 10.1 Å². The fourth-order valence-electron chi connectivity index (χ4n) is 1.86. The number of benzene rings is 2. The Labute approximate surface area is 134 Å². The van der Waals surface area contributed by atoms with Crippen LogP contribution in [0.3, 0.4) is 0 Å². The summed E-state index contributed by atoms with van der Waals surface area (Å²) in [5.74, 6) is -0.316. The Balaban J connectivity index is 2.15. The van der Waals surface area contributed by atoms with E-state index in [1.165, 1.54) is 16.8 Å². The Morgan fingerprint density at radius 3 is 2.48 bits per heavy atom. The maximum Gasteiger partial charge on any atom is 0.226 e. The number of hydrogen-bond donors (Lipinski definition) is 0. The van der Waals surface area contributed by atoms with E-state index in [0.717, 1.165) is 0 Å². The number of halogens is 4. The number of nitrogens with zero attached hydrogens (tertiary/aromatic N) is 3. The summed E-state index contributed by atoms with van der Waals surface area (Å²) < 4.78 is 14.9. The van der Waals surface area contributed by atoms with Crippen LogP contribution < -0.4 is 0 Å². The van der Waals surface area contributed by atoms with Crippen LogP contribution in [0.4, 0.5) is 4.39 Å². The first-order valence-corrected chi connectivity index (χ1v) is 7.03. The summed E-state index contributed by atoms with van der Waals surface area (Å²) in [7, 11) is 0. The van der Waals surface area contributed by atoms with Crippen LogP contribution in [-0.2, 0) is 0 Å². The largest absolute Gasteiger partial charge is 0.226 e. The summed E-state index contributed by atoms with van der Waals surface area (Å²) in [4.78, 5) is 4.11. The second kappa shape index (κ2) is 5.64. The van der Waals surface area contributed by atoms with Crippen LogP contribution in [0.5, 0.6) is 0 Å². The third-order valence-electron chi connectivity index (χ3n) is 2.84. The van der Waals surface area contributed by atoms with Crippen LogP contribution in [0, 0.1) is 5.82 Å². The van der Waals surface area contributed by atoms with Crippen molar-refractivity contribution in [2.75, 3.05) is 0 Å². The molecule has 0 aliphatic rings. The summed E-state index contributed by atoms with van der Waals surface area (Å²) >= 11 is 18.1. The van der Waals surface area contributed by atoms with Crippen molar-refractivity contribution in [3.05, 3.63) is 63.6 Å². The molecule has 1 aromatic heterocycles. The van der Waals surface area contributed by atoms with Gasteiger partial charge < -0.3 is 0 Å². The van der Waals surface area contributed by atoms with Crippen LogP contribution in [0.2, 0.25) is 15.3 Å². The second-order valence-electron chi connectivity index (χ2n) is 4.17. The summed E-state index contributed by atoms with van der Waals surface area (Å²) in [5.41, 5.74) is 0.944. The highest BCUT2D eigenvalue weighted by atomic mass is 35.5. The zero-order valence-corrected chi connectivity index (χ0v) is 12.7. The van der Waals surface area contributed by atoms with E-state index in [-0.39, 0.29) is 16.1 Å². The molecule has 21 heavy (non-hydrogen) atoms. The van der Waals surface area contributed by atoms with Crippen LogP contribution in [0.1, 0.15) is 0 Å². The van der Waals surface area contributed by atoms with Crippen molar-refractivity contribution in [2.24, 2.45) is 0 Å². The second-order valence-corrected chi connectivity index (χ2v) is 5.29. The molecule has 3 rings (SSSR count). The van der Waals surface area contributed by atoms with Crippen LogP contribution in [0.25, 0.3) is 17.1 Å². The molecule has 0 aliphatic carbocycles. The summed E-state index contributed by atoms with van der Waals surface area (Å²) in [6, 6.07) is 11.5. The maximum absolute atomic E-state index is 13.5. The average Bonchev–Trinajstić information content (AvgIpc) is 2.84. The summed E-state index contributed by atoms with van der Waals surface area (Å²) in [5, 5.41) is 4.78. The van der Waals surface area contributed by atoms with E-state index in [1.807, 2.05) is 0 Å². The number of para-hydroxylation sites is 1. The lowest BCUT2D eigenvalue weighted by molar-refractivity contribution is 0.628. The Bertz CT molecular complexity index is 817. The van der Waals surface area contributed by atoms with Crippen molar-refractivity contribution in [2.45, 2.75) is 0 Å². The minimum atomic E-state index is -0.542. The van der Waals surface area contributed by atoms with Gasteiger partial charge in [-0.3, -0.25) is 0 Å². The van der Waals surface area contributed by atoms with Crippen molar-refractivity contribution in [1.29, 1.82) is 0 Å². The minimum Gasteiger partial charge on any atom is -0.205 e. The van der Waals surface area contributed by atoms with Gasteiger partial charge >= 0.3 is 0 Å². The fourth-order valence-corrected chi connectivity index (χ4v) is 2.50. The van der Waals surface area contributed by atoms with E-state index in [4.69, 9.17) is 34.8 Å². The van der Waals surface area contributed by atoms with Crippen molar-refractivity contribution >= 4 is 34.8 Å². The van der Waals surface area contributed by atoms with Gasteiger partial charge in [0.25, 0.3) is 0 Å². The predicted octanol–water partition coefficient (Wildman–Crippen LogP) is 5.03. The number of aromatic nitrogens is 3. The molecule has 0 atom stereocenters. The SMILES string of the molecule is Fc1cccc(-c2nc(Cl)n(-c3ccccc3Cl)n2)c1Cl. The third-order valence-corrected chi connectivity index (χ3v) is 3.79. The van der Waals surface area contributed by atoms with Crippen LogP contribution >= 0.6 is 34.8 Å². The standard InChI is InChI=1S/C14H7Cl3FN3/c15-9-5-1-2-7-11(9)21-14(17)19-13(20-21)8-4-3-6-10(18)12(8)16/h1-7H. The molecule has 0 fully saturated rings. The van der Waals surface area contributed by atoms with Gasteiger partial charge in [-0.15, -0.1) is 5.10 Å². The molecule has 0 saturated heterocycles. The van der Waals surface area contributed by atoms with Crippen molar-refractivity contribution in [1.82, 2.24) is 14.8 Å². The van der Waals surface area contributed by atoms with Gasteiger partial charge in [0.1, 0.15) is 5.82 Å². The van der Waals surface area contributed by atoms with Crippen molar-refractivity contribution in [3.63, 3.8) is 0 Å². The molecule has 0 bridgehead atoms. The molecule has 0 unspecified atom stereocenters. The molecule has 0 saturated carbocycles. The highest BCUT2D eigenvalue weighted by molar-refractivity contribution is 6.34. The first-order chi connectivity index (χ1) is 10.1. The molecular weight excluding hydrogens is 336 g/mol. The van der Waals surface area contributed by atoms with Gasteiger partial charge in [-0.25, -0.2) is 9.07 Å². The average molecular weight is 343 g/mol. The van der Waals surface area contributed by atoms with E-state index in [0.29, 0.717) is 16.3 Å². The summed E-state index contributed by atoms with van der Waals surface area (Å²) in [6.45, 7) is 0. The Hall–Kier alpha value is -1.62.